The van der Waals surface area contributed by atoms with Crippen molar-refractivity contribution in [2.45, 2.75) is 0 Å². The van der Waals surface area contributed by atoms with Gasteiger partial charge in [-0.05, 0) is 34.5 Å². The van der Waals surface area contributed by atoms with Crippen LogP contribution in [0.3, 0.4) is 0 Å². The highest BCUT2D eigenvalue weighted by atomic mass is 19.3. The van der Waals surface area contributed by atoms with Crippen molar-refractivity contribution in [3.8, 4) is 0 Å². The molecular weight excluding hydrogens is 182 g/mol. The van der Waals surface area contributed by atoms with Crippen molar-refractivity contribution in [3.63, 3.8) is 0 Å². The van der Waals surface area contributed by atoms with Gasteiger partial charge in [-0.15, -0.1) is 0 Å². The third-order valence-electron chi connectivity index (χ3n) is 2.01. The van der Waals surface area contributed by atoms with Crippen LogP contribution in [-0.4, -0.2) is 0 Å². The fourth-order valence-corrected chi connectivity index (χ4v) is 1.42. The number of hydrogen-bond acceptors (Lipinski definition) is 0. The first kappa shape index (κ1) is 8.88. The van der Waals surface area contributed by atoms with Gasteiger partial charge >= 0.3 is 0 Å². The molecule has 2 rings (SSSR count). The van der Waals surface area contributed by atoms with Gasteiger partial charge in [-0.1, -0.05) is 24.3 Å². The Balaban J connectivity index is 2.71. The van der Waals surface area contributed by atoms with Crippen LogP contribution in [0.5, 0.6) is 0 Å². The summed E-state index contributed by atoms with van der Waals surface area (Å²) in [6.45, 7) is 0. The van der Waals surface area contributed by atoms with Crippen LogP contribution in [0.4, 0.5) is 8.78 Å². The monoisotopic (exact) mass is 189 g/mol. The molecule has 0 aliphatic carbocycles. The summed E-state index contributed by atoms with van der Waals surface area (Å²) in [5.41, 5.74) is 0.503. The van der Waals surface area contributed by atoms with Crippen molar-refractivity contribution in [2.24, 2.45) is 0 Å². The van der Waals surface area contributed by atoms with Crippen molar-refractivity contribution in [2.75, 3.05) is 0 Å². The molecule has 0 heterocycles. The zero-order chi connectivity index (χ0) is 9.97. The van der Waals surface area contributed by atoms with Gasteiger partial charge in [0.15, 0.2) is 0 Å². The lowest BCUT2D eigenvalue weighted by Gasteiger charge is -2.00. The van der Waals surface area contributed by atoms with Crippen LogP contribution in [0.25, 0.3) is 16.8 Å². The second-order valence-corrected chi connectivity index (χ2v) is 2.93. The predicted molar refractivity (Wildman–Crippen MR) is 53.0 cm³/mol. The molecule has 2 aromatic carbocycles. The first-order valence-electron chi connectivity index (χ1n) is 4.19. The van der Waals surface area contributed by atoms with E-state index in [1.807, 2.05) is 24.3 Å². The van der Waals surface area contributed by atoms with E-state index < -0.39 is 6.08 Å². The number of halogens is 2. The van der Waals surface area contributed by atoms with Crippen molar-refractivity contribution < 1.29 is 8.78 Å². The summed E-state index contributed by atoms with van der Waals surface area (Å²) in [4.78, 5) is 0. The van der Waals surface area contributed by atoms with Gasteiger partial charge in [-0.3, -0.25) is 0 Å². The normalized spacial score (nSPS) is 10.1. The van der Waals surface area contributed by atoms with Gasteiger partial charge in [0.1, 0.15) is 0 Å². The van der Waals surface area contributed by atoms with Crippen molar-refractivity contribution >= 4 is 16.8 Å². The third kappa shape index (κ3) is 1.64. The minimum absolute atomic E-state index is 0.503. The van der Waals surface area contributed by atoms with Gasteiger partial charge in [-0.2, -0.15) is 8.78 Å². The van der Waals surface area contributed by atoms with Crippen molar-refractivity contribution in [1.29, 1.82) is 0 Å². The van der Waals surface area contributed by atoms with Gasteiger partial charge in [0.2, 0.25) is 0 Å². The molecule has 0 saturated heterocycles. The van der Waals surface area contributed by atoms with Crippen molar-refractivity contribution in [1.82, 2.24) is 0 Å². The molecule has 0 aliphatic rings. The average molecular weight is 189 g/mol. The summed E-state index contributed by atoms with van der Waals surface area (Å²) in [6, 6.07) is 13.6. The summed E-state index contributed by atoms with van der Waals surface area (Å²) >= 11 is 0. The Morgan fingerprint density at radius 1 is 1.14 bits per heavy atom. The van der Waals surface area contributed by atoms with E-state index in [9.17, 15) is 8.78 Å². The maximum Gasteiger partial charge on any atom is 0.270 e. The third-order valence-corrected chi connectivity index (χ3v) is 2.01. The zero-order valence-corrected chi connectivity index (χ0v) is 7.30. The van der Waals surface area contributed by atoms with E-state index in [-0.39, 0.29) is 0 Å². The molecule has 0 fully saturated rings. The van der Waals surface area contributed by atoms with E-state index in [0.717, 1.165) is 16.8 Å². The molecule has 0 aliphatic heterocycles. The standard InChI is InChI=1S/C12H7F2/c13-12(14)8-10-6-3-5-9-4-1-2-7-11(9)10/h1-2,4-8H. The Morgan fingerprint density at radius 2 is 1.93 bits per heavy atom. The molecule has 2 aromatic rings. The number of benzene rings is 2. The molecule has 14 heavy (non-hydrogen) atoms. The fourth-order valence-electron chi connectivity index (χ4n) is 1.42. The number of hydrogen-bond donors (Lipinski definition) is 0. The molecule has 0 N–H and O–H groups in total. The van der Waals surface area contributed by atoms with Gasteiger partial charge in [0, 0.05) is 6.08 Å². The smallest absolute Gasteiger partial charge is 0.173 e. The molecule has 0 amide bonds. The van der Waals surface area contributed by atoms with Gasteiger partial charge in [0.25, 0.3) is 6.08 Å². The molecule has 1 radical (unpaired) electrons. The van der Waals surface area contributed by atoms with E-state index >= 15 is 0 Å². The molecular formula is C12H7F2. The second kappa shape index (κ2) is 3.58. The summed E-state index contributed by atoms with van der Waals surface area (Å²) in [6.07, 6.45) is -0.825. The van der Waals surface area contributed by atoms with Crippen LogP contribution >= 0.6 is 0 Å². The summed E-state index contributed by atoms with van der Waals surface area (Å²) in [5, 5.41) is 1.74. The lowest BCUT2D eigenvalue weighted by molar-refractivity contribution is 0.429. The minimum Gasteiger partial charge on any atom is -0.173 e. The molecule has 0 nitrogen and oxygen atoms in total. The van der Waals surface area contributed by atoms with E-state index in [2.05, 4.69) is 6.07 Å². The van der Waals surface area contributed by atoms with Crippen LogP contribution in [0, 0.1) is 6.07 Å². The first-order valence-corrected chi connectivity index (χ1v) is 4.19. The number of rotatable bonds is 1. The van der Waals surface area contributed by atoms with E-state index in [1.165, 1.54) is 0 Å². The fraction of sp³-hybridized carbons (Fsp3) is 0. The lowest BCUT2D eigenvalue weighted by atomic mass is 10.0. The van der Waals surface area contributed by atoms with Crippen molar-refractivity contribution in [3.05, 3.63) is 54.1 Å². The Hall–Kier alpha value is -1.70. The summed E-state index contributed by atoms with van der Waals surface area (Å²) < 4.78 is 24.2. The highest BCUT2D eigenvalue weighted by Crippen LogP contribution is 2.20. The molecule has 0 spiro atoms. The Morgan fingerprint density at radius 3 is 2.71 bits per heavy atom. The van der Waals surface area contributed by atoms with Gasteiger partial charge in [-0.25, -0.2) is 0 Å². The molecule has 0 aromatic heterocycles. The Labute approximate surface area is 80.5 Å². The quantitative estimate of drug-likeness (QED) is 0.638. The van der Waals surface area contributed by atoms with E-state index in [4.69, 9.17) is 0 Å². The maximum absolute atomic E-state index is 12.1. The summed E-state index contributed by atoms with van der Waals surface area (Å²) in [5.74, 6) is 0. The minimum atomic E-state index is -1.69. The molecule has 0 atom stereocenters. The predicted octanol–water partition coefficient (Wildman–Crippen LogP) is 3.88. The van der Waals surface area contributed by atoms with Crippen LogP contribution in [-0.2, 0) is 0 Å². The molecule has 69 valence electrons. The summed E-state index contributed by atoms with van der Waals surface area (Å²) in [7, 11) is 0. The highest BCUT2D eigenvalue weighted by Gasteiger charge is 1.98. The molecule has 0 saturated carbocycles. The largest absolute Gasteiger partial charge is 0.270 e. The van der Waals surface area contributed by atoms with Gasteiger partial charge < -0.3 is 0 Å². The SMILES string of the molecule is FC(F)=Cc1c[c]cc2ccccc12. The second-order valence-electron chi connectivity index (χ2n) is 2.93. The van der Waals surface area contributed by atoms with Crippen LogP contribution in [0.1, 0.15) is 5.56 Å². The Kier molecular flexibility index (Phi) is 2.27. The van der Waals surface area contributed by atoms with Crippen LogP contribution < -0.4 is 0 Å². The van der Waals surface area contributed by atoms with E-state index in [0.29, 0.717) is 5.56 Å². The van der Waals surface area contributed by atoms with Crippen LogP contribution in [0.2, 0.25) is 0 Å². The average Bonchev–Trinajstić information content (AvgIpc) is 2.18. The lowest BCUT2D eigenvalue weighted by Crippen LogP contribution is -1.77. The molecule has 2 heteroatoms. The topological polar surface area (TPSA) is 0 Å². The zero-order valence-electron chi connectivity index (χ0n) is 7.30. The molecule has 0 unspecified atom stereocenters. The first-order chi connectivity index (χ1) is 6.77. The van der Waals surface area contributed by atoms with E-state index in [1.54, 1.807) is 12.1 Å². The number of fused-ring (bicyclic) bond motifs is 1. The van der Waals surface area contributed by atoms with Gasteiger partial charge in [0.05, 0.1) is 0 Å². The maximum atomic E-state index is 12.1. The highest BCUT2D eigenvalue weighted by molar-refractivity contribution is 5.90. The molecule has 0 bridgehead atoms. The Bertz CT molecular complexity index is 477. The van der Waals surface area contributed by atoms with Crippen LogP contribution in [0.15, 0.2) is 42.5 Å².